The van der Waals surface area contributed by atoms with Gasteiger partial charge in [0.2, 0.25) is 0 Å². The molecule has 2 heteroatoms. The van der Waals surface area contributed by atoms with Gasteiger partial charge in [0, 0.05) is 25.6 Å². The van der Waals surface area contributed by atoms with Gasteiger partial charge in [-0.3, -0.25) is 4.79 Å². The van der Waals surface area contributed by atoms with Crippen LogP contribution in [-0.4, -0.2) is 29.8 Å². The summed E-state index contributed by atoms with van der Waals surface area (Å²) in [7, 11) is 0. The third kappa shape index (κ3) is 3.48. The van der Waals surface area contributed by atoms with Crippen molar-refractivity contribution in [2.45, 2.75) is 56.9 Å². The Morgan fingerprint density at radius 2 is 1.48 bits per heavy atom. The molecule has 5 rings (SSSR count). The summed E-state index contributed by atoms with van der Waals surface area (Å²) in [5.74, 6) is 1.21. The number of nitrogens with zero attached hydrogens (tertiary/aromatic N) is 1. The van der Waals surface area contributed by atoms with E-state index in [1.165, 1.54) is 32.2 Å². The zero-order chi connectivity index (χ0) is 18.7. The van der Waals surface area contributed by atoms with E-state index in [0.29, 0.717) is 12.2 Å². The molecule has 2 saturated heterocycles. The van der Waals surface area contributed by atoms with E-state index in [9.17, 15) is 4.79 Å². The van der Waals surface area contributed by atoms with Gasteiger partial charge in [0.15, 0.2) is 0 Å². The SMILES string of the molecule is CCC(=O)C(CCN1CC2CCC1CC2)(c1ccccc1)c1ccccc1. The van der Waals surface area contributed by atoms with Gasteiger partial charge in [0.05, 0.1) is 5.41 Å². The highest BCUT2D eigenvalue weighted by Crippen LogP contribution is 2.40. The number of carbonyl (C=O) groups is 1. The lowest BCUT2D eigenvalue weighted by atomic mass is 9.68. The van der Waals surface area contributed by atoms with Crippen LogP contribution in [0.25, 0.3) is 0 Å². The molecule has 2 aromatic carbocycles. The molecule has 3 aliphatic rings. The molecule has 1 aliphatic carbocycles. The van der Waals surface area contributed by atoms with Crippen LogP contribution in [0.15, 0.2) is 60.7 Å². The molecule has 2 aliphatic heterocycles. The summed E-state index contributed by atoms with van der Waals surface area (Å²) in [5, 5.41) is 0. The van der Waals surface area contributed by atoms with E-state index in [2.05, 4.69) is 53.4 Å². The van der Waals surface area contributed by atoms with Crippen LogP contribution in [0.4, 0.5) is 0 Å². The second kappa shape index (κ2) is 7.98. The van der Waals surface area contributed by atoms with Gasteiger partial charge in [0.25, 0.3) is 0 Å². The number of ketones is 1. The number of Topliss-reactive ketones (excluding diaryl/α,β-unsaturated/α-hetero) is 1. The number of carbonyl (C=O) groups excluding carboxylic acids is 1. The normalized spacial score (nSPS) is 22.7. The minimum Gasteiger partial charge on any atom is -0.300 e. The highest BCUT2D eigenvalue weighted by atomic mass is 16.1. The Bertz CT molecular complexity index is 707. The van der Waals surface area contributed by atoms with Crippen LogP contribution in [-0.2, 0) is 10.2 Å². The summed E-state index contributed by atoms with van der Waals surface area (Å²) in [6.45, 7) is 4.24. The first-order chi connectivity index (χ1) is 13.2. The zero-order valence-electron chi connectivity index (χ0n) is 16.4. The van der Waals surface area contributed by atoms with Crippen molar-refractivity contribution in [1.82, 2.24) is 4.90 Å². The average molecular weight is 362 g/mol. The van der Waals surface area contributed by atoms with Crippen molar-refractivity contribution in [3.8, 4) is 0 Å². The Morgan fingerprint density at radius 3 is 1.93 bits per heavy atom. The van der Waals surface area contributed by atoms with Crippen LogP contribution in [0.3, 0.4) is 0 Å². The Hall–Kier alpha value is -1.93. The van der Waals surface area contributed by atoms with Gasteiger partial charge in [0.1, 0.15) is 5.78 Å². The summed E-state index contributed by atoms with van der Waals surface area (Å²) in [4.78, 5) is 16.1. The molecule has 2 aromatic rings. The maximum atomic E-state index is 13.4. The molecule has 3 fully saturated rings. The van der Waals surface area contributed by atoms with Gasteiger partial charge in [-0.25, -0.2) is 0 Å². The summed E-state index contributed by atoms with van der Waals surface area (Å²) in [6.07, 6.45) is 6.92. The molecule has 0 radical (unpaired) electrons. The van der Waals surface area contributed by atoms with Gasteiger partial charge < -0.3 is 4.90 Å². The Labute approximate surface area is 163 Å². The molecule has 2 nitrogen and oxygen atoms in total. The monoisotopic (exact) mass is 361 g/mol. The van der Waals surface area contributed by atoms with Crippen LogP contribution in [0.5, 0.6) is 0 Å². The van der Waals surface area contributed by atoms with E-state index < -0.39 is 5.41 Å². The summed E-state index contributed by atoms with van der Waals surface area (Å²) >= 11 is 0. The molecule has 2 bridgehead atoms. The summed E-state index contributed by atoms with van der Waals surface area (Å²) < 4.78 is 0. The molecular weight excluding hydrogens is 330 g/mol. The van der Waals surface area contributed by atoms with Gasteiger partial charge in [-0.2, -0.15) is 0 Å². The molecule has 0 N–H and O–H groups in total. The maximum absolute atomic E-state index is 13.4. The second-order valence-electron chi connectivity index (χ2n) is 8.33. The predicted octanol–water partition coefficient (Wildman–Crippen LogP) is 5.22. The minimum atomic E-state index is -0.534. The molecule has 0 aromatic heterocycles. The van der Waals surface area contributed by atoms with E-state index in [4.69, 9.17) is 0 Å². The van der Waals surface area contributed by atoms with Crippen LogP contribution >= 0.6 is 0 Å². The highest BCUT2D eigenvalue weighted by Gasteiger charge is 2.42. The number of hydrogen-bond donors (Lipinski definition) is 0. The van der Waals surface area contributed by atoms with E-state index in [0.717, 1.165) is 36.1 Å². The topological polar surface area (TPSA) is 20.3 Å². The van der Waals surface area contributed by atoms with Crippen molar-refractivity contribution in [2.24, 2.45) is 5.92 Å². The van der Waals surface area contributed by atoms with Crippen LogP contribution in [0.1, 0.15) is 56.6 Å². The first-order valence-corrected chi connectivity index (χ1v) is 10.6. The van der Waals surface area contributed by atoms with Crippen molar-refractivity contribution in [3.63, 3.8) is 0 Å². The Balaban J connectivity index is 1.70. The average Bonchev–Trinajstić information content (AvgIpc) is 2.76. The predicted molar refractivity (Wildman–Crippen MR) is 111 cm³/mol. The molecular formula is C25H31NO. The lowest BCUT2D eigenvalue weighted by Gasteiger charge is -2.46. The van der Waals surface area contributed by atoms with Gasteiger partial charge in [-0.15, -0.1) is 0 Å². The zero-order valence-corrected chi connectivity index (χ0v) is 16.4. The maximum Gasteiger partial charge on any atom is 0.147 e. The number of piperidine rings is 2. The van der Waals surface area contributed by atoms with Crippen molar-refractivity contribution >= 4 is 5.78 Å². The van der Waals surface area contributed by atoms with Crippen molar-refractivity contribution in [3.05, 3.63) is 71.8 Å². The quantitative estimate of drug-likeness (QED) is 0.674. The van der Waals surface area contributed by atoms with Gasteiger partial charge in [-0.1, -0.05) is 67.6 Å². The van der Waals surface area contributed by atoms with Gasteiger partial charge >= 0.3 is 0 Å². The molecule has 1 saturated carbocycles. The number of benzene rings is 2. The summed E-state index contributed by atoms with van der Waals surface area (Å²) in [5.41, 5.74) is 1.75. The number of rotatable bonds is 7. The summed E-state index contributed by atoms with van der Waals surface area (Å²) in [6, 6.07) is 21.7. The molecule has 142 valence electrons. The smallest absolute Gasteiger partial charge is 0.147 e. The van der Waals surface area contributed by atoms with Gasteiger partial charge in [-0.05, 0) is 49.1 Å². The van der Waals surface area contributed by atoms with Crippen molar-refractivity contribution in [2.75, 3.05) is 13.1 Å². The first-order valence-electron chi connectivity index (χ1n) is 10.6. The largest absolute Gasteiger partial charge is 0.300 e. The number of hydrogen-bond acceptors (Lipinski definition) is 2. The van der Waals surface area contributed by atoms with Crippen LogP contribution in [0.2, 0.25) is 0 Å². The van der Waals surface area contributed by atoms with E-state index in [1.54, 1.807) is 0 Å². The van der Waals surface area contributed by atoms with E-state index in [1.807, 2.05) is 19.1 Å². The molecule has 0 unspecified atom stereocenters. The molecule has 27 heavy (non-hydrogen) atoms. The van der Waals surface area contributed by atoms with Crippen molar-refractivity contribution < 1.29 is 4.79 Å². The van der Waals surface area contributed by atoms with E-state index in [-0.39, 0.29) is 0 Å². The fourth-order valence-corrected chi connectivity index (χ4v) is 5.42. The van der Waals surface area contributed by atoms with E-state index >= 15 is 0 Å². The Kier molecular flexibility index (Phi) is 5.45. The third-order valence-electron chi connectivity index (χ3n) is 6.93. The first kappa shape index (κ1) is 18.4. The molecule has 0 atom stereocenters. The molecule has 0 amide bonds. The highest BCUT2D eigenvalue weighted by molar-refractivity contribution is 5.93. The fourth-order valence-electron chi connectivity index (χ4n) is 5.42. The minimum absolute atomic E-state index is 0.335. The third-order valence-corrected chi connectivity index (χ3v) is 6.93. The lowest BCUT2D eigenvalue weighted by molar-refractivity contribution is -0.123. The molecule has 0 spiro atoms. The lowest BCUT2D eigenvalue weighted by Crippen LogP contribution is -2.50. The fraction of sp³-hybridized carbons (Fsp3) is 0.480. The second-order valence-corrected chi connectivity index (χ2v) is 8.33. The van der Waals surface area contributed by atoms with Crippen molar-refractivity contribution in [1.29, 1.82) is 0 Å². The Morgan fingerprint density at radius 1 is 0.926 bits per heavy atom. The van der Waals surface area contributed by atoms with Crippen LogP contribution < -0.4 is 0 Å². The number of fused-ring (bicyclic) bond motifs is 3. The standard InChI is InChI=1S/C25H31NO/c1-2-24(27)25(21-9-5-3-6-10-21,22-11-7-4-8-12-22)17-18-26-19-20-13-15-23(26)16-14-20/h3-12,20,23H,2,13-19H2,1H3. The molecule has 2 heterocycles. The van der Waals surface area contributed by atoms with Crippen LogP contribution in [0, 0.1) is 5.92 Å².